The zero-order chi connectivity index (χ0) is 11.5. The Morgan fingerprint density at radius 1 is 1.19 bits per heavy atom. The molecule has 0 bridgehead atoms. The second-order valence-corrected chi connectivity index (χ2v) is 5.25. The van der Waals surface area contributed by atoms with Gasteiger partial charge in [0, 0.05) is 0 Å². The molecule has 16 heavy (non-hydrogen) atoms. The zero-order valence-electron chi connectivity index (χ0n) is 10.4. The molecule has 0 aliphatic heterocycles. The van der Waals surface area contributed by atoms with Crippen molar-refractivity contribution in [1.82, 2.24) is 0 Å². The van der Waals surface area contributed by atoms with Crippen molar-refractivity contribution in [3.05, 3.63) is 34.9 Å². The van der Waals surface area contributed by atoms with Gasteiger partial charge in [-0.3, -0.25) is 0 Å². The van der Waals surface area contributed by atoms with Crippen LogP contribution in [-0.4, -0.2) is 11.2 Å². The lowest BCUT2D eigenvalue weighted by Crippen LogP contribution is -2.26. The van der Waals surface area contributed by atoms with Crippen LogP contribution in [0.4, 0.5) is 0 Å². The van der Waals surface area contributed by atoms with Crippen molar-refractivity contribution in [3.8, 4) is 0 Å². The maximum atomic E-state index is 9.99. The monoisotopic (exact) mass is 218 g/mol. The summed E-state index contributed by atoms with van der Waals surface area (Å²) >= 11 is 0. The number of aliphatic hydroxyl groups is 1. The molecule has 0 saturated heterocycles. The Kier molecular flexibility index (Phi) is 3.65. The lowest BCUT2D eigenvalue weighted by molar-refractivity contribution is 0.0699. The van der Waals surface area contributed by atoms with E-state index in [1.54, 1.807) is 0 Å². The predicted octanol–water partition coefficient (Wildman–Crippen LogP) is 3.40. The van der Waals surface area contributed by atoms with E-state index in [0.717, 1.165) is 12.8 Å². The van der Waals surface area contributed by atoms with Gasteiger partial charge in [0.25, 0.3) is 0 Å². The third-order valence-electron chi connectivity index (χ3n) is 3.86. The lowest BCUT2D eigenvalue weighted by atomic mass is 9.81. The van der Waals surface area contributed by atoms with Crippen LogP contribution in [0.3, 0.4) is 0 Å². The minimum Gasteiger partial charge on any atom is -0.393 e. The molecule has 0 spiro atoms. The molecule has 1 saturated carbocycles. The summed E-state index contributed by atoms with van der Waals surface area (Å²) in [5.41, 5.74) is 4.11. The predicted molar refractivity (Wildman–Crippen MR) is 67.6 cm³/mol. The van der Waals surface area contributed by atoms with E-state index in [9.17, 15) is 5.11 Å². The van der Waals surface area contributed by atoms with Gasteiger partial charge in [-0.2, -0.15) is 0 Å². The number of hydrogen-bond acceptors (Lipinski definition) is 1. The number of rotatable bonds is 2. The summed E-state index contributed by atoms with van der Waals surface area (Å²) in [5.74, 6) is 0.481. The minimum absolute atomic E-state index is 0.0753. The molecular weight excluding hydrogens is 196 g/mol. The van der Waals surface area contributed by atoms with Crippen molar-refractivity contribution < 1.29 is 5.11 Å². The molecule has 0 aromatic heterocycles. The van der Waals surface area contributed by atoms with Crippen molar-refractivity contribution in [2.45, 2.75) is 52.1 Å². The van der Waals surface area contributed by atoms with E-state index in [1.807, 2.05) is 0 Å². The van der Waals surface area contributed by atoms with Crippen LogP contribution in [0.5, 0.6) is 0 Å². The largest absolute Gasteiger partial charge is 0.393 e. The first kappa shape index (κ1) is 11.7. The average Bonchev–Trinajstić information content (AvgIpc) is 2.27. The Bertz CT molecular complexity index is 356. The first-order chi connectivity index (χ1) is 7.66. The van der Waals surface area contributed by atoms with Gasteiger partial charge >= 0.3 is 0 Å². The van der Waals surface area contributed by atoms with Crippen molar-refractivity contribution in [1.29, 1.82) is 0 Å². The van der Waals surface area contributed by atoms with Gasteiger partial charge in [0.05, 0.1) is 6.10 Å². The fourth-order valence-corrected chi connectivity index (χ4v) is 2.73. The molecule has 88 valence electrons. The Hall–Kier alpha value is -0.820. The minimum atomic E-state index is -0.0753. The molecular formula is C15H22O. The van der Waals surface area contributed by atoms with Crippen LogP contribution in [0.2, 0.25) is 0 Å². The van der Waals surface area contributed by atoms with Crippen LogP contribution in [0.25, 0.3) is 0 Å². The molecule has 1 aliphatic carbocycles. The van der Waals surface area contributed by atoms with Crippen molar-refractivity contribution >= 4 is 0 Å². The summed E-state index contributed by atoms with van der Waals surface area (Å²) < 4.78 is 0. The zero-order valence-corrected chi connectivity index (χ0v) is 10.4. The van der Waals surface area contributed by atoms with Crippen molar-refractivity contribution in [3.63, 3.8) is 0 Å². The van der Waals surface area contributed by atoms with Crippen LogP contribution >= 0.6 is 0 Å². The molecule has 1 aliphatic rings. The van der Waals surface area contributed by atoms with Crippen LogP contribution in [0, 0.1) is 19.8 Å². The van der Waals surface area contributed by atoms with E-state index in [4.69, 9.17) is 0 Å². The molecule has 2 atom stereocenters. The number of aryl methyl sites for hydroxylation is 2. The van der Waals surface area contributed by atoms with Crippen LogP contribution in [-0.2, 0) is 6.42 Å². The summed E-state index contributed by atoms with van der Waals surface area (Å²) in [4.78, 5) is 0. The Labute approximate surface area is 98.5 Å². The van der Waals surface area contributed by atoms with Gasteiger partial charge in [0.1, 0.15) is 0 Å². The smallest absolute Gasteiger partial charge is 0.0571 e. The van der Waals surface area contributed by atoms with Gasteiger partial charge in [-0.05, 0) is 50.2 Å². The van der Waals surface area contributed by atoms with E-state index in [0.29, 0.717) is 5.92 Å². The molecule has 0 radical (unpaired) electrons. The van der Waals surface area contributed by atoms with Gasteiger partial charge in [-0.15, -0.1) is 0 Å². The van der Waals surface area contributed by atoms with Crippen LogP contribution in [0.1, 0.15) is 42.4 Å². The molecule has 1 nitrogen and oxygen atoms in total. The first-order valence-corrected chi connectivity index (χ1v) is 6.41. The van der Waals surface area contributed by atoms with Gasteiger partial charge in [-0.1, -0.05) is 36.6 Å². The molecule has 1 aromatic carbocycles. The fraction of sp³-hybridized carbons (Fsp3) is 0.600. The molecule has 1 heteroatoms. The van der Waals surface area contributed by atoms with Gasteiger partial charge in [0.2, 0.25) is 0 Å². The molecule has 1 aromatic rings. The van der Waals surface area contributed by atoms with Crippen molar-refractivity contribution in [2.75, 3.05) is 0 Å². The highest BCUT2D eigenvalue weighted by Gasteiger charge is 2.23. The highest BCUT2D eigenvalue weighted by atomic mass is 16.3. The fourth-order valence-electron chi connectivity index (χ4n) is 2.73. The van der Waals surface area contributed by atoms with E-state index in [2.05, 4.69) is 32.0 Å². The summed E-state index contributed by atoms with van der Waals surface area (Å²) in [6.07, 6.45) is 5.64. The molecule has 1 fully saturated rings. The number of benzene rings is 1. The summed E-state index contributed by atoms with van der Waals surface area (Å²) in [5, 5.41) is 9.99. The van der Waals surface area contributed by atoms with E-state index in [-0.39, 0.29) is 6.10 Å². The Morgan fingerprint density at radius 3 is 2.69 bits per heavy atom. The SMILES string of the molecule is Cc1ccc(C)c(CC2CCCCC2O)c1. The number of hydrogen-bond donors (Lipinski definition) is 1. The quantitative estimate of drug-likeness (QED) is 0.806. The van der Waals surface area contributed by atoms with Gasteiger partial charge < -0.3 is 5.11 Å². The maximum absolute atomic E-state index is 9.99. The average molecular weight is 218 g/mol. The normalized spacial score (nSPS) is 25.7. The van der Waals surface area contributed by atoms with E-state index < -0.39 is 0 Å². The maximum Gasteiger partial charge on any atom is 0.0571 e. The molecule has 2 unspecified atom stereocenters. The highest BCUT2D eigenvalue weighted by Crippen LogP contribution is 2.28. The molecule has 0 amide bonds. The van der Waals surface area contributed by atoms with Crippen molar-refractivity contribution in [2.24, 2.45) is 5.92 Å². The van der Waals surface area contributed by atoms with Crippen LogP contribution < -0.4 is 0 Å². The Balaban J connectivity index is 2.10. The second kappa shape index (κ2) is 5.01. The highest BCUT2D eigenvalue weighted by molar-refractivity contribution is 5.30. The molecule has 2 rings (SSSR count). The summed E-state index contributed by atoms with van der Waals surface area (Å²) in [7, 11) is 0. The second-order valence-electron chi connectivity index (χ2n) is 5.25. The third-order valence-corrected chi connectivity index (χ3v) is 3.86. The number of aliphatic hydroxyl groups excluding tert-OH is 1. The standard InChI is InChI=1S/C15H22O/c1-11-7-8-12(2)14(9-11)10-13-5-3-4-6-15(13)16/h7-9,13,15-16H,3-6,10H2,1-2H3. The topological polar surface area (TPSA) is 20.2 Å². The molecule has 0 heterocycles. The van der Waals surface area contributed by atoms with Gasteiger partial charge in [0.15, 0.2) is 0 Å². The first-order valence-electron chi connectivity index (χ1n) is 6.41. The van der Waals surface area contributed by atoms with Gasteiger partial charge in [-0.25, -0.2) is 0 Å². The third kappa shape index (κ3) is 2.65. The Morgan fingerprint density at radius 2 is 1.94 bits per heavy atom. The summed E-state index contributed by atoms with van der Waals surface area (Å²) in [6, 6.07) is 6.63. The van der Waals surface area contributed by atoms with Crippen LogP contribution in [0.15, 0.2) is 18.2 Å². The molecule has 1 N–H and O–H groups in total. The lowest BCUT2D eigenvalue weighted by Gasteiger charge is -2.28. The van der Waals surface area contributed by atoms with E-state index >= 15 is 0 Å². The van der Waals surface area contributed by atoms with E-state index in [1.165, 1.54) is 36.0 Å². The summed E-state index contributed by atoms with van der Waals surface area (Å²) in [6.45, 7) is 4.31.